The van der Waals surface area contributed by atoms with Gasteiger partial charge in [0.2, 0.25) is 5.91 Å². The third kappa shape index (κ3) is 4.70. The SMILES string of the molecule is CCCC[C@@H](NC(=O)Cc1c(C)c2cc3c(-c4ccc(Cl)cc4)coc3cc2oc1=O)C(=O)O. The second-order valence-electron chi connectivity index (χ2n) is 8.27. The maximum absolute atomic E-state index is 12.7. The summed E-state index contributed by atoms with van der Waals surface area (Å²) < 4.78 is 11.2. The van der Waals surface area contributed by atoms with Crippen LogP contribution >= 0.6 is 11.6 Å². The summed E-state index contributed by atoms with van der Waals surface area (Å²) in [6, 6.07) is 9.91. The minimum absolute atomic E-state index is 0.195. The minimum atomic E-state index is -1.10. The number of amides is 1. The van der Waals surface area contributed by atoms with E-state index in [1.54, 1.807) is 31.4 Å². The Labute approximate surface area is 200 Å². The van der Waals surface area contributed by atoms with Crippen LogP contribution in [0.3, 0.4) is 0 Å². The van der Waals surface area contributed by atoms with E-state index in [9.17, 15) is 19.5 Å². The molecule has 0 bridgehead atoms. The molecule has 0 spiro atoms. The van der Waals surface area contributed by atoms with Gasteiger partial charge in [0.25, 0.3) is 0 Å². The Morgan fingerprint density at radius 1 is 1.12 bits per heavy atom. The van der Waals surface area contributed by atoms with Crippen molar-refractivity contribution in [3.8, 4) is 11.1 Å². The number of halogens is 1. The number of aliphatic carboxylic acids is 1. The standard InChI is InChI=1S/C26H24ClNO6/c1-3-4-5-21(25(30)31)28-24(29)11-18-14(2)17-10-19-20(15-6-8-16(27)9-7-15)13-33-22(19)12-23(17)34-26(18)32/h6-10,12-13,21H,3-5,11H2,1-2H3,(H,28,29)(H,30,31)/t21-/m1/s1. The average molecular weight is 482 g/mol. The summed E-state index contributed by atoms with van der Waals surface area (Å²) in [7, 11) is 0. The van der Waals surface area contributed by atoms with Gasteiger partial charge in [-0.3, -0.25) is 4.79 Å². The fourth-order valence-corrected chi connectivity index (χ4v) is 4.16. The molecular formula is C26H24ClNO6. The number of carbonyl (C=O) groups excluding carboxylic acids is 1. The van der Waals surface area contributed by atoms with Gasteiger partial charge in [0, 0.05) is 27.4 Å². The molecule has 34 heavy (non-hydrogen) atoms. The van der Waals surface area contributed by atoms with E-state index in [1.807, 2.05) is 25.1 Å². The number of carboxylic acids is 1. The van der Waals surface area contributed by atoms with Gasteiger partial charge in [-0.1, -0.05) is 43.5 Å². The second-order valence-corrected chi connectivity index (χ2v) is 8.71. The predicted molar refractivity (Wildman–Crippen MR) is 130 cm³/mol. The Morgan fingerprint density at radius 2 is 1.85 bits per heavy atom. The lowest BCUT2D eigenvalue weighted by molar-refractivity contribution is -0.142. The zero-order valence-corrected chi connectivity index (χ0v) is 19.6. The van der Waals surface area contributed by atoms with Crippen LogP contribution in [0, 0.1) is 6.92 Å². The third-order valence-corrected chi connectivity index (χ3v) is 6.21. The molecule has 1 atom stereocenters. The summed E-state index contributed by atoms with van der Waals surface area (Å²) in [5, 5.41) is 14.0. The number of hydrogen-bond donors (Lipinski definition) is 2. The molecule has 0 fully saturated rings. The Kier molecular flexibility index (Phi) is 6.75. The smallest absolute Gasteiger partial charge is 0.340 e. The molecule has 1 amide bonds. The van der Waals surface area contributed by atoms with Crippen molar-refractivity contribution in [2.75, 3.05) is 0 Å². The molecule has 0 radical (unpaired) electrons. The van der Waals surface area contributed by atoms with Gasteiger partial charge in [0.1, 0.15) is 17.2 Å². The van der Waals surface area contributed by atoms with Gasteiger partial charge in [-0.15, -0.1) is 0 Å². The molecule has 2 aromatic heterocycles. The highest BCUT2D eigenvalue weighted by Crippen LogP contribution is 2.35. The highest BCUT2D eigenvalue weighted by atomic mass is 35.5. The quantitative estimate of drug-likeness (QED) is 0.323. The number of unbranched alkanes of at least 4 members (excludes halogenated alkanes) is 1. The second kappa shape index (κ2) is 9.73. The number of carboxylic acid groups (broad SMARTS) is 1. The topological polar surface area (TPSA) is 110 Å². The van der Waals surface area contributed by atoms with Gasteiger partial charge in [-0.2, -0.15) is 0 Å². The largest absolute Gasteiger partial charge is 0.480 e. The average Bonchev–Trinajstić information content (AvgIpc) is 3.21. The Bertz CT molecular complexity index is 1430. The van der Waals surface area contributed by atoms with Crippen LogP contribution in [-0.2, 0) is 16.0 Å². The van der Waals surface area contributed by atoms with Crippen LogP contribution in [0.4, 0.5) is 0 Å². The van der Waals surface area contributed by atoms with Crippen LogP contribution in [0.25, 0.3) is 33.1 Å². The Balaban J connectivity index is 1.71. The van der Waals surface area contributed by atoms with Crippen molar-refractivity contribution in [1.29, 1.82) is 0 Å². The molecule has 0 aliphatic carbocycles. The van der Waals surface area contributed by atoms with E-state index in [-0.39, 0.29) is 12.0 Å². The van der Waals surface area contributed by atoms with E-state index >= 15 is 0 Å². The summed E-state index contributed by atoms with van der Waals surface area (Å²) in [6.45, 7) is 3.70. The lowest BCUT2D eigenvalue weighted by Crippen LogP contribution is -2.42. The van der Waals surface area contributed by atoms with Crippen molar-refractivity contribution in [2.24, 2.45) is 0 Å². The number of fused-ring (bicyclic) bond motifs is 2. The van der Waals surface area contributed by atoms with E-state index in [0.717, 1.165) is 22.9 Å². The highest BCUT2D eigenvalue weighted by molar-refractivity contribution is 6.30. The highest BCUT2D eigenvalue weighted by Gasteiger charge is 2.22. The van der Waals surface area contributed by atoms with Crippen molar-refractivity contribution in [2.45, 2.75) is 45.6 Å². The van der Waals surface area contributed by atoms with Gasteiger partial charge in [0.05, 0.1) is 18.2 Å². The van der Waals surface area contributed by atoms with Crippen LogP contribution in [0.1, 0.15) is 37.3 Å². The van der Waals surface area contributed by atoms with Gasteiger partial charge in [0.15, 0.2) is 0 Å². The molecule has 0 unspecified atom stereocenters. The molecule has 2 aromatic carbocycles. The van der Waals surface area contributed by atoms with Gasteiger partial charge in [-0.25, -0.2) is 9.59 Å². The van der Waals surface area contributed by atoms with Crippen LogP contribution < -0.4 is 10.9 Å². The van der Waals surface area contributed by atoms with E-state index in [4.69, 9.17) is 20.4 Å². The molecule has 2 N–H and O–H groups in total. The summed E-state index contributed by atoms with van der Waals surface area (Å²) in [5.41, 5.74) is 2.85. The first-order valence-electron chi connectivity index (χ1n) is 11.0. The summed E-state index contributed by atoms with van der Waals surface area (Å²) >= 11 is 6.01. The molecule has 0 aliphatic rings. The molecule has 0 saturated heterocycles. The number of furan rings is 1. The van der Waals surface area contributed by atoms with Crippen LogP contribution in [0.5, 0.6) is 0 Å². The van der Waals surface area contributed by atoms with Gasteiger partial charge in [-0.05, 0) is 42.7 Å². The monoisotopic (exact) mass is 481 g/mol. The maximum atomic E-state index is 12.7. The van der Waals surface area contributed by atoms with Crippen molar-refractivity contribution in [3.63, 3.8) is 0 Å². The van der Waals surface area contributed by atoms with E-state index in [2.05, 4.69) is 5.32 Å². The lowest BCUT2D eigenvalue weighted by atomic mass is 9.99. The van der Waals surface area contributed by atoms with Crippen molar-refractivity contribution in [1.82, 2.24) is 5.32 Å². The molecule has 0 saturated carbocycles. The molecule has 176 valence electrons. The first-order chi connectivity index (χ1) is 16.3. The Hall–Kier alpha value is -3.58. The molecule has 4 rings (SSSR count). The van der Waals surface area contributed by atoms with Crippen molar-refractivity contribution >= 4 is 45.4 Å². The van der Waals surface area contributed by atoms with Crippen LogP contribution in [-0.4, -0.2) is 23.0 Å². The maximum Gasteiger partial charge on any atom is 0.340 e. The van der Waals surface area contributed by atoms with Crippen molar-refractivity contribution in [3.05, 3.63) is 69.2 Å². The minimum Gasteiger partial charge on any atom is -0.480 e. The zero-order chi connectivity index (χ0) is 24.4. The molecule has 0 aliphatic heterocycles. The number of nitrogens with one attached hydrogen (secondary N) is 1. The summed E-state index contributed by atoms with van der Waals surface area (Å²) in [5.74, 6) is -1.63. The van der Waals surface area contributed by atoms with Crippen LogP contribution in [0.15, 0.2) is 56.3 Å². The first kappa shape index (κ1) is 23.6. The molecule has 7 nitrogen and oxygen atoms in total. The molecule has 2 heterocycles. The van der Waals surface area contributed by atoms with E-state index in [1.165, 1.54) is 0 Å². The lowest BCUT2D eigenvalue weighted by Gasteiger charge is -2.14. The summed E-state index contributed by atoms with van der Waals surface area (Å²) in [4.78, 5) is 36.7. The fourth-order valence-electron chi connectivity index (χ4n) is 4.04. The molecule has 4 aromatic rings. The van der Waals surface area contributed by atoms with E-state index < -0.39 is 23.5 Å². The molecule has 8 heteroatoms. The zero-order valence-electron chi connectivity index (χ0n) is 18.8. The van der Waals surface area contributed by atoms with Crippen molar-refractivity contribution < 1.29 is 23.5 Å². The number of aryl methyl sites for hydroxylation is 1. The fraction of sp³-hybridized carbons (Fsp3) is 0.269. The number of hydrogen-bond acceptors (Lipinski definition) is 5. The molecular weight excluding hydrogens is 458 g/mol. The predicted octanol–water partition coefficient (Wildman–Crippen LogP) is 5.47. The van der Waals surface area contributed by atoms with Gasteiger partial charge < -0.3 is 19.3 Å². The summed E-state index contributed by atoms with van der Waals surface area (Å²) in [6.07, 6.45) is 3.18. The van der Waals surface area contributed by atoms with Gasteiger partial charge >= 0.3 is 11.6 Å². The number of benzene rings is 2. The van der Waals surface area contributed by atoms with E-state index in [0.29, 0.717) is 40.0 Å². The normalized spacial score (nSPS) is 12.2. The first-order valence-corrected chi connectivity index (χ1v) is 11.4. The van der Waals surface area contributed by atoms with Crippen LogP contribution in [0.2, 0.25) is 5.02 Å². The number of rotatable bonds is 8. The third-order valence-electron chi connectivity index (χ3n) is 5.95. The Morgan fingerprint density at radius 3 is 2.53 bits per heavy atom. The number of carbonyl (C=O) groups is 2.